The van der Waals surface area contributed by atoms with Gasteiger partial charge in [0.25, 0.3) is 0 Å². The minimum Gasteiger partial charge on any atom is -0.480 e. The molecule has 0 radical (unpaired) electrons. The molecule has 0 aromatic rings. The van der Waals surface area contributed by atoms with Crippen molar-refractivity contribution in [3.05, 3.63) is 0 Å². The molecule has 1 aliphatic rings. The fourth-order valence-corrected chi connectivity index (χ4v) is 1.94. The van der Waals surface area contributed by atoms with E-state index < -0.39 is 11.5 Å². The molecule has 2 N–H and O–H groups in total. The van der Waals surface area contributed by atoms with Crippen LogP contribution in [0.1, 0.15) is 26.7 Å². The zero-order valence-electron chi connectivity index (χ0n) is 11.2. The zero-order valence-corrected chi connectivity index (χ0v) is 11.2. The lowest BCUT2D eigenvalue weighted by Crippen LogP contribution is -2.55. The van der Waals surface area contributed by atoms with Gasteiger partial charge in [0.2, 0.25) is 0 Å². The lowest BCUT2D eigenvalue weighted by molar-refractivity contribution is -0.143. The van der Waals surface area contributed by atoms with Gasteiger partial charge >= 0.3 is 12.0 Å². The number of nitrogens with one attached hydrogen (secondary N) is 1. The smallest absolute Gasteiger partial charge is 0.328 e. The number of ether oxygens (including phenoxy) is 1. The van der Waals surface area contributed by atoms with Crippen LogP contribution in [0.25, 0.3) is 0 Å². The molecule has 1 aliphatic heterocycles. The van der Waals surface area contributed by atoms with Crippen LogP contribution in [0.3, 0.4) is 0 Å². The molecule has 1 heterocycles. The Labute approximate surface area is 107 Å². The number of carboxylic acids is 1. The number of aliphatic carboxylic acids is 1. The summed E-state index contributed by atoms with van der Waals surface area (Å²) in [4.78, 5) is 24.5. The number of methoxy groups -OCH3 is 1. The third-order valence-corrected chi connectivity index (χ3v) is 3.26. The van der Waals surface area contributed by atoms with Crippen molar-refractivity contribution in [3.8, 4) is 0 Å². The molecule has 1 saturated heterocycles. The molecule has 0 aliphatic carbocycles. The summed E-state index contributed by atoms with van der Waals surface area (Å²) in [6.45, 7) is 4.97. The third kappa shape index (κ3) is 3.87. The Balaban J connectivity index is 2.43. The molecular formula is C12H22N2O4. The average molecular weight is 258 g/mol. The van der Waals surface area contributed by atoms with E-state index in [1.807, 2.05) is 0 Å². The predicted molar refractivity (Wildman–Crippen MR) is 66.4 cm³/mol. The van der Waals surface area contributed by atoms with Gasteiger partial charge in [-0.15, -0.1) is 0 Å². The SMILES string of the molecule is COCC1CCN(C(=O)NC(C)(C)C(=O)O)CC1. The van der Waals surface area contributed by atoms with Crippen LogP contribution in [-0.4, -0.2) is 54.4 Å². The van der Waals surface area contributed by atoms with Crippen LogP contribution in [-0.2, 0) is 9.53 Å². The molecule has 2 amide bonds. The van der Waals surface area contributed by atoms with Crippen LogP contribution in [0.4, 0.5) is 4.79 Å². The number of carbonyl (C=O) groups is 2. The number of piperidine rings is 1. The molecule has 0 aromatic heterocycles. The Morgan fingerprint density at radius 2 is 1.94 bits per heavy atom. The van der Waals surface area contributed by atoms with Crippen molar-refractivity contribution in [1.82, 2.24) is 10.2 Å². The van der Waals surface area contributed by atoms with E-state index in [1.165, 1.54) is 13.8 Å². The maximum atomic E-state index is 11.9. The monoisotopic (exact) mass is 258 g/mol. The largest absolute Gasteiger partial charge is 0.480 e. The summed E-state index contributed by atoms with van der Waals surface area (Å²) < 4.78 is 5.09. The second kappa shape index (κ2) is 6.04. The molecule has 104 valence electrons. The van der Waals surface area contributed by atoms with Gasteiger partial charge in [-0.1, -0.05) is 0 Å². The number of nitrogens with zero attached hydrogens (tertiary/aromatic N) is 1. The van der Waals surface area contributed by atoms with Gasteiger partial charge in [-0.3, -0.25) is 0 Å². The molecule has 0 spiro atoms. The Hall–Kier alpha value is -1.30. The minimum atomic E-state index is -1.24. The van der Waals surface area contributed by atoms with Crippen molar-refractivity contribution >= 4 is 12.0 Å². The van der Waals surface area contributed by atoms with Gasteiger partial charge in [0.05, 0.1) is 0 Å². The number of hydrogen-bond donors (Lipinski definition) is 2. The summed E-state index contributed by atoms with van der Waals surface area (Å²) in [6, 6.07) is -0.307. The Kier molecular flexibility index (Phi) is 4.95. The molecule has 18 heavy (non-hydrogen) atoms. The summed E-state index contributed by atoms with van der Waals surface area (Å²) in [5.74, 6) is -0.545. The predicted octanol–water partition coefficient (Wildman–Crippen LogP) is 0.918. The van der Waals surface area contributed by atoms with Crippen LogP contribution in [0.15, 0.2) is 0 Å². The molecule has 0 unspecified atom stereocenters. The number of rotatable bonds is 4. The van der Waals surface area contributed by atoms with E-state index in [0.717, 1.165) is 19.4 Å². The minimum absolute atomic E-state index is 0.307. The maximum absolute atomic E-state index is 11.9. The fraction of sp³-hybridized carbons (Fsp3) is 0.833. The highest BCUT2D eigenvalue weighted by Crippen LogP contribution is 2.17. The van der Waals surface area contributed by atoms with Gasteiger partial charge in [0, 0.05) is 26.8 Å². The molecular weight excluding hydrogens is 236 g/mol. The first-order chi connectivity index (χ1) is 8.36. The van der Waals surface area contributed by atoms with Crippen LogP contribution in [0.5, 0.6) is 0 Å². The van der Waals surface area contributed by atoms with E-state index in [0.29, 0.717) is 19.0 Å². The molecule has 1 rings (SSSR count). The third-order valence-electron chi connectivity index (χ3n) is 3.26. The topological polar surface area (TPSA) is 78.9 Å². The van der Waals surface area contributed by atoms with Crippen molar-refractivity contribution in [2.45, 2.75) is 32.2 Å². The van der Waals surface area contributed by atoms with Crippen molar-refractivity contribution in [3.63, 3.8) is 0 Å². The number of carboxylic acid groups (broad SMARTS) is 1. The van der Waals surface area contributed by atoms with Crippen molar-refractivity contribution < 1.29 is 19.4 Å². The molecule has 6 nitrogen and oxygen atoms in total. The molecule has 0 bridgehead atoms. The van der Waals surface area contributed by atoms with Gasteiger partial charge in [-0.25, -0.2) is 9.59 Å². The Bertz CT molecular complexity index is 309. The highest BCUT2D eigenvalue weighted by molar-refractivity contribution is 5.85. The van der Waals surface area contributed by atoms with Crippen molar-refractivity contribution in [1.29, 1.82) is 0 Å². The van der Waals surface area contributed by atoms with Gasteiger partial charge in [0.15, 0.2) is 0 Å². The first kappa shape index (κ1) is 14.8. The summed E-state index contributed by atoms with van der Waals surface area (Å²) in [5.41, 5.74) is -1.24. The highest BCUT2D eigenvalue weighted by atomic mass is 16.5. The molecule has 0 saturated carbocycles. The van der Waals surface area contributed by atoms with Crippen LogP contribution < -0.4 is 5.32 Å². The number of hydrogen-bond acceptors (Lipinski definition) is 3. The highest BCUT2D eigenvalue weighted by Gasteiger charge is 2.32. The second-order valence-corrected chi connectivity index (χ2v) is 5.25. The standard InChI is InChI=1S/C12H22N2O4/c1-12(2,10(15)16)13-11(17)14-6-4-9(5-7-14)8-18-3/h9H,4-8H2,1-3H3,(H,13,17)(H,15,16). The van der Waals surface area contributed by atoms with Gasteiger partial charge in [-0.2, -0.15) is 0 Å². The van der Waals surface area contributed by atoms with Gasteiger partial charge < -0.3 is 20.1 Å². The van der Waals surface area contributed by atoms with Crippen LogP contribution in [0.2, 0.25) is 0 Å². The van der Waals surface area contributed by atoms with Crippen molar-refractivity contribution in [2.75, 3.05) is 26.8 Å². The van der Waals surface area contributed by atoms with E-state index in [-0.39, 0.29) is 6.03 Å². The molecule has 1 fully saturated rings. The zero-order chi connectivity index (χ0) is 13.8. The van der Waals surface area contributed by atoms with E-state index >= 15 is 0 Å². The average Bonchev–Trinajstić information content (AvgIpc) is 2.29. The van der Waals surface area contributed by atoms with E-state index in [2.05, 4.69) is 5.32 Å². The second-order valence-electron chi connectivity index (χ2n) is 5.25. The molecule has 6 heteroatoms. The van der Waals surface area contributed by atoms with E-state index in [9.17, 15) is 9.59 Å². The number of likely N-dealkylation sites (tertiary alicyclic amines) is 1. The lowest BCUT2D eigenvalue weighted by atomic mass is 9.98. The van der Waals surface area contributed by atoms with E-state index in [4.69, 9.17) is 9.84 Å². The number of urea groups is 1. The lowest BCUT2D eigenvalue weighted by Gasteiger charge is -2.33. The van der Waals surface area contributed by atoms with Gasteiger partial charge in [-0.05, 0) is 32.6 Å². The first-order valence-electron chi connectivity index (χ1n) is 6.16. The molecule has 0 atom stereocenters. The summed E-state index contributed by atoms with van der Waals surface area (Å²) >= 11 is 0. The first-order valence-corrected chi connectivity index (χ1v) is 6.16. The molecule has 0 aromatic carbocycles. The normalized spacial score (nSPS) is 17.6. The van der Waals surface area contributed by atoms with Crippen LogP contribution in [0, 0.1) is 5.92 Å². The Morgan fingerprint density at radius 3 is 2.39 bits per heavy atom. The van der Waals surface area contributed by atoms with E-state index in [1.54, 1.807) is 12.0 Å². The van der Waals surface area contributed by atoms with Crippen LogP contribution >= 0.6 is 0 Å². The Morgan fingerprint density at radius 1 is 1.39 bits per heavy atom. The van der Waals surface area contributed by atoms with Crippen molar-refractivity contribution in [2.24, 2.45) is 5.92 Å². The van der Waals surface area contributed by atoms with Gasteiger partial charge in [0.1, 0.15) is 5.54 Å². The number of carbonyl (C=O) groups excluding carboxylic acids is 1. The quantitative estimate of drug-likeness (QED) is 0.786. The summed E-state index contributed by atoms with van der Waals surface area (Å²) in [7, 11) is 1.68. The summed E-state index contributed by atoms with van der Waals surface area (Å²) in [6.07, 6.45) is 1.80. The fourth-order valence-electron chi connectivity index (χ4n) is 1.94. The maximum Gasteiger partial charge on any atom is 0.328 e. The number of amides is 2. The summed E-state index contributed by atoms with van der Waals surface area (Å²) in [5, 5.41) is 11.5.